The van der Waals surface area contributed by atoms with Gasteiger partial charge in [0, 0.05) is 5.56 Å². The van der Waals surface area contributed by atoms with Crippen LogP contribution in [0.5, 0.6) is 17.2 Å². The lowest BCUT2D eigenvalue weighted by Gasteiger charge is -2.11. The first-order valence-corrected chi connectivity index (χ1v) is 8.16. The summed E-state index contributed by atoms with van der Waals surface area (Å²) in [5.41, 5.74) is 0.805. The quantitative estimate of drug-likeness (QED) is 0.399. The van der Waals surface area contributed by atoms with Gasteiger partial charge in [-0.25, -0.2) is 4.79 Å². The third-order valence-corrected chi connectivity index (χ3v) is 3.78. The highest BCUT2D eigenvalue weighted by atomic mass is 79.9. The zero-order chi connectivity index (χ0) is 17.5. The van der Waals surface area contributed by atoms with Gasteiger partial charge in [-0.3, -0.25) is 4.79 Å². The van der Waals surface area contributed by atoms with E-state index < -0.39 is 5.97 Å². The summed E-state index contributed by atoms with van der Waals surface area (Å²) in [5.74, 6) is 0.696. The summed E-state index contributed by atoms with van der Waals surface area (Å²) in [6.45, 7) is 2.62. The van der Waals surface area contributed by atoms with Crippen molar-refractivity contribution < 1.29 is 23.8 Å². The monoisotopic (exact) mass is 392 g/mol. The normalized spacial score (nSPS) is 10.1. The average Bonchev–Trinajstić information content (AvgIpc) is 2.60. The van der Waals surface area contributed by atoms with Gasteiger partial charge in [0.2, 0.25) is 0 Å². The van der Waals surface area contributed by atoms with E-state index in [1.807, 2.05) is 6.92 Å². The Balaban J connectivity index is 2.18. The Kier molecular flexibility index (Phi) is 6.37. The maximum atomic E-state index is 12.3. The van der Waals surface area contributed by atoms with Crippen molar-refractivity contribution in [3.8, 4) is 17.2 Å². The number of halogens is 1. The van der Waals surface area contributed by atoms with Crippen molar-refractivity contribution in [2.75, 3.05) is 13.7 Å². The van der Waals surface area contributed by atoms with Crippen molar-refractivity contribution in [3.05, 3.63) is 52.0 Å². The summed E-state index contributed by atoms with van der Waals surface area (Å²) in [6, 6.07) is 9.56. The van der Waals surface area contributed by atoms with Crippen molar-refractivity contribution in [2.45, 2.75) is 13.3 Å². The van der Waals surface area contributed by atoms with Gasteiger partial charge in [0.1, 0.15) is 12.0 Å². The van der Waals surface area contributed by atoms with Crippen LogP contribution in [0.2, 0.25) is 0 Å². The third-order valence-electron chi connectivity index (χ3n) is 3.16. The van der Waals surface area contributed by atoms with Gasteiger partial charge in [-0.15, -0.1) is 0 Å². The van der Waals surface area contributed by atoms with Crippen LogP contribution in [0.25, 0.3) is 0 Å². The smallest absolute Gasteiger partial charge is 0.343 e. The van der Waals surface area contributed by atoms with Crippen LogP contribution in [0.3, 0.4) is 0 Å². The summed E-state index contributed by atoms with van der Waals surface area (Å²) in [6.07, 6.45) is 1.59. The number of ether oxygens (including phenoxy) is 3. The zero-order valence-corrected chi connectivity index (χ0v) is 15.0. The van der Waals surface area contributed by atoms with E-state index in [0.29, 0.717) is 40.0 Å². The van der Waals surface area contributed by atoms with E-state index in [4.69, 9.17) is 14.2 Å². The predicted molar refractivity (Wildman–Crippen MR) is 93.3 cm³/mol. The highest BCUT2D eigenvalue weighted by Gasteiger charge is 2.14. The van der Waals surface area contributed by atoms with Crippen molar-refractivity contribution in [3.63, 3.8) is 0 Å². The maximum absolute atomic E-state index is 12.3. The fourth-order valence-corrected chi connectivity index (χ4v) is 2.45. The topological polar surface area (TPSA) is 61.8 Å². The van der Waals surface area contributed by atoms with E-state index in [1.165, 1.54) is 19.2 Å². The van der Waals surface area contributed by atoms with E-state index in [2.05, 4.69) is 15.9 Å². The fourth-order valence-electron chi connectivity index (χ4n) is 1.96. The Bertz CT molecular complexity index is 742. The van der Waals surface area contributed by atoms with Crippen LogP contribution in [0.15, 0.2) is 40.9 Å². The number of aldehydes is 1. The number of carbonyl (C=O) groups excluding carboxylic acids is 2. The molecule has 0 saturated heterocycles. The molecule has 0 heterocycles. The number of hydrogen-bond donors (Lipinski definition) is 0. The second-order valence-corrected chi connectivity index (χ2v) is 5.77. The first kappa shape index (κ1) is 18.0. The van der Waals surface area contributed by atoms with Gasteiger partial charge in [-0.1, -0.05) is 6.92 Å². The molecule has 126 valence electrons. The van der Waals surface area contributed by atoms with Crippen LogP contribution in [-0.4, -0.2) is 26.0 Å². The average molecular weight is 393 g/mol. The highest BCUT2D eigenvalue weighted by Crippen LogP contribution is 2.30. The maximum Gasteiger partial charge on any atom is 0.343 e. The van der Waals surface area contributed by atoms with Crippen molar-refractivity contribution in [2.24, 2.45) is 0 Å². The molecule has 0 aliphatic carbocycles. The minimum Gasteiger partial charge on any atom is -0.493 e. The van der Waals surface area contributed by atoms with Crippen LogP contribution >= 0.6 is 15.9 Å². The summed E-state index contributed by atoms with van der Waals surface area (Å²) in [4.78, 5) is 23.1. The zero-order valence-electron chi connectivity index (χ0n) is 13.4. The molecule has 0 fully saturated rings. The van der Waals surface area contributed by atoms with Gasteiger partial charge < -0.3 is 14.2 Å². The molecule has 24 heavy (non-hydrogen) atoms. The van der Waals surface area contributed by atoms with Crippen LogP contribution in [0.4, 0.5) is 0 Å². The van der Waals surface area contributed by atoms with Gasteiger partial charge in [0.15, 0.2) is 11.5 Å². The van der Waals surface area contributed by atoms with E-state index >= 15 is 0 Å². The second kappa shape index (κ2) is 8.49. The molecule has 0 atom stereocenters. The van der Waals surface area contributed by atoms with Gasteiger partial charge in [0.25, 0.3) is 0 Å². The lowest BCUT2D eigenvalue weighted by atomic mass is 10.2. The summed E-state index contributed by atoms with van der Waals surface area (Å²) < 4.78 is 16.7. The molecular weight excluding hydrogens is 376 g/mol. The fraction of sp³-hybridized carbons (Fsp3) is 0.222. The molecule has 0 spiro atoms. The van der Waals surface area contributed by atoms with Crippen LogP contribution in [0.1, 0.15) is 34.1 Å². The molecule has 0 aromatic heterocycles. The molecule has 0 unspecified atom stereocenters. The number of benzene rings is 2. The lowest BCUT2D eigenvalue weighted by molar-refractivity contribution is 0.0729. The number of methoxy groups -OCH3 is 1. The Morgan fingerprint density at radius 1 is 1.12 bits per heavy atom. The molecule has 2 rings (SSSR count). The van der Waals surface area contributed by atoms with Crippen molar-refractivity contribution in [1.29, 1.82) is 0 Å². The van der Waals surface area contributed by atoms with Crippen molar-refractivity contribution in [1.82, 2.24) is 0 Å². The van der Waals surface area contributed by atoms with Gasteiger partial charge in [-0.05, 0) is 58.7 Å². The first-order valence-electron chi connectivity index (χ1n) is 7.36. The molecule has 0 radical (unpaired) electrons. The molecule has 0 amide bonds. The Morgan fingerprint density at radius 3 is 2.50 bits per heavy atom. The summed E-state index contributed by atoms with van der Waals surface area (Å²) in [5, 5.41) is 0. The van der Waals surface area contributed by atoms with E-state index in [0.717, 1.165) is 6.42 Å². The number of hydrogen-bond acceptors (Lipinski definition) is 5. The molecule has 0 bridgehead atoms. The highest BCUT2D eigenvalue weighted by molar-refractivity contribution is 9.10. The SMILES string of the molecule is CCCOc1ccc(C(=O)Oc2ccc(C=O)cc2OC)cc1Br. The third kappa shape index (κ3) is 4.35. The summed E-state index contributed by atoms with van der Waals surface area (Å²) in [7, 11) is 1.44. The first-order chi connectivity index (χ1) is 11.6. The van der Waals surface area contributed by atoms with Crippen LogP contribution in [-0.2, 0) is 0 Å². The molecule has 0 aliphatic rings. The number of rotatable bonds is 7. The van der Waals surface area contributed by atoms with Gasteiger partial charge in [0.05, 0.1) is 23.8 Å². The molecule has 5 nitrogen and oxygen atoms in total. The minimum atomic E-state index is -0.533. The summed E-state index contributed by atoms with van der Waals surface area (Å²) >= 11 is 3.38. The van der Waals surface area contributed by atoms with E-state index in [9.17, 15) is 9.59 Å². The molecule has 6 heteroatoms. The Hall–Kier alpha value is -2.34. The molecule has 0 saturated carbocycles. The van der Waals surface area contributed by atoms with E-state index in [1.54, 1.807) is 24.3 Å². The molecule has 0 aliphatic heterocycles. The molecule has 2 aromatic carbocycles. The Morgan fingerprint density at radius 2 is 1.88 bits per heavy atom. The molecule has 0 N–H and O–H groups in total. The lowest BCUT2D eigenvalue weighted by Crippen LogP contribution is -2.09. The minimum absolute atomic E-state index is 0.246. The van der Waals surface area contributed by atoms with E-state index in [-0.39, 0.29) is 5.75 Å². The number of carbonyl (C=O) groups is 2. The number of esters is 1. The standard InChI is InChI=1S/C18H17BrO5/c1-3-8-23-15-7-5-13(10-14(15)19)18(21)24-16-6-4-12(11-20)9-17(16)22-2/h4-7,9-11H,3,8H2,1-2H3. The molecular formula is C18H17BrO5. The van der Waals surface area contributed by atoms with Crippen molar-refractivity contribution >= 4 is 28.2 Å². The Labute approximate surface area is 148 Å². The second-order valence-electron chi connectivity index (χ2n) is 4.91. The molecule has 2 aromatic rings. The van der Waals surface area contributed by atoms with Crippen LogP contribution < -0.4 is 14.2 Å². The van der Waals surface area contributed by atoms with Gasteiger partial charge in [-0.2, -0.15) is 0 Å². The predicted octanol–water partition coefficient (Wildman–Crippen LogP) is 4.28. The largest absolute Gasteiger partial charge is 0.493 e. The van der Waals surface area contributed by atoms with Crippen LogP contribution in [0, 0.1) is 0 Å². The van der Waals surface area contributed by atoms with Gasteiger partial charge >= 0.3 is 5.97 Å².